The summed E-state index contributed by atoms with van der Waals surface area (Å²) in [6.45, 7) is 6.57. The molecular formula is C25H27N5O. The van der Waals surface area contributed by atoms with Gasteiger partial charge in [-0.1, -0.05) is 30.3 Å². The highest BCUT2D eigenvalue weighted by Crippen LogP contribution is 2.28. The Bertz CT molecular complexity index is 1190. The molecule has 1 aliphatic rings. The first-order valence-corrected chi connectivity index (χ1v) is 10.8. The molecule has 2 aromatic carbocycles. The van der Waals surface area contributed by atoms with Crippen molar-refractivity contribution < 1.29 is 5.11 Å². The summed E-state index contributed by atoms with van der Waals surface area (Å²) in [4.78, 5) is 7.19. The Balaban J connectivity index is 1.44. The summed E-state index contributed by atoms with van der Waals surface area (Å²) in [5.74, 6) is 0. The molecule has 1 saturated heterocycles. The maximum Gasteiger partial charge on any atom is 0.162 e. The van der Waals surface area contributed by atoms with Crippen molar-refractivity contribution in [2.24, 2.45) is 0 Å². The lowest BCUT2D eigenvalue weighted by atomic mass is 10.0. The lowest BCUT2D eigenvalue weighted by Crippen LogP contribution is -2.55. The van der Waals surface area contributed by atoms with Crippen LogP contribution in [0.2, 0.25) is 0 Å². The van der Waals surface area contributed by atoms with Crippen LogP contribution < -0.4 is 10.2 Å². The Kier molecular flexibility index (Phi) is 5.18. The van der Waals surface area contributed by atoms with E-state index in [1.807, 2.05) is 47.4 Å². The van der Waals surface area contributed by atoms with Gasteiger partial charge in [-0.05, 0) is 48.7 Å². The molecule has 0 spiro atoms. The van der Waals surface area contributed by atoms with Crippen LogP contribution in [-0.2, 0) is 6.61 Å². The first-order valence-electron chi connectivity index (χ1n) is 10.8. The molecule has 0 amide bonds. The van der Waals surface area contributed by atoms with Gasteiger partial charge in [0.05, 0.1) is 12.8 Å². The quantitative estimate of drug-likeness (QED) is 0.534. The normalized spacial score (nSPS) is 19.1. The summed E-state index contributed by atoms with van der Waals surface area (Å²) >= 11 is 0. The van der Waals surface area contributed by atoms with Gasteiger partial charge in [0.15, 0.2) is 5.65 Å². The van der Waals surface area contributed by atoms with Crippen LogP contribution in [0, 0.1) is 0 Å². The standard InChI is InChI=1S/C25H27N5O/c1-17-11-26-12-18(2)30(17)23-8-6-20(7-9-23)22-13-27-25-24(14-28-29(25)15-22)21-5-3-4-19(10-21)16-31/h3-10,13-15,17-18,26,31H,11-12,16H2,1-2H3/t17-,18+. The van der Waals surface area contributed by atoms with Crippen LogP contribution in [0.1, 0.15) is 19.4 Å². The van der Waals surface area contributed by atoms with Gasteiger partial charge in [0, 0.05) is 54.4 Å². The smallest absolute Gasteiger partial charge is 0.162 e. The van der Waals surface area contributed by atoms with Gasteiger partial charge in [-0.2, -0.15) is 5.10 Å². The van der Waals surface area contributed by atoms with E-state index >= 15 is 0 Å². The highest BCUT2D eigenvalue weighted by Gasteiger charge is 2.24. The van der Waals surface area contributed by atoms with E-state index in [0.29, 0.717) is 12.1 Å². The SMILES string of the molecule is C[C@@H]1CNC[C@H](C)N1c1ccc(-c2cnc3c(-c4cccc(CO)c4)cnn3c2)cc1. The number of hydrogen-bond acceptors (Lipinski definition) is 5. The number of rotatable bonds is 4. The molecule has 2 N–H and O–H groups in total. The fraction of sp³-hybridized carbons (Fsp3) is 0.280. The number of nitrogens with one attached hydrogen (secondary N) is 1. The third-order valence-electron chi connectivity index (χ3n) is 6.11. The molecule has 6 nitrogen and oxygen atoms in total. The largest absolute Gasteiger partial charge is 0.392 e. The molecule has 0 bridgehead atoms. The molecule has 2 aromatic heterocycles. The van der Waals surface area contributed by atoms with E-state index in [9.17, 15) is 5.11 Å². The third kappa shape index (κ3) is 3.69. The van der Waals surface area contributed by atoms with Crippen molar-refractivity contribution in [1.29, 1.82) is 0 Å². The molecule has 0 radical (unpaired) electrons. The number of nitrogens with zero attached hydrogens (tertiary/aromatic N) is 4. The van der Waals surface area contributed by atoms with Gasteiger partial charge in [0.1, 0.15) is 0 Å². The summed E-state index contributed by atoms with van der Waals surface area (Å²) < 4.78 is 1.82. The number of aliphatic hydroxyl groups is 1. The lowest BCUT2D eigenvalue weighted by Gasteiger charge is -2.41. The average molecular weight is 414 g/mol. The maximum absolute atomic E-state index is 9.42. The van der Waals surface area contributed by atoms with E-state index in [1.165, 1.54) is 5.69 Å². The fourth-order valence-electron chi connectivity index (χ4n) is 4.53. The summed E-state index contributed by atoms with van der Waals surface area (Å²) in [6, 6.07) is 17.5. The van der Waals surface area contributed by atoms with Crippen LogP contribution in [0.3, 0.4) is 0 Å². The maximum atomic E-state index is 9.42. The first kappa shape index (κ1) is 19.7. The molecule has 6 heteroatoms. The van der Waals surface area contributed by atoms with Crippen LogP contribution >= 0.6 is 0 Å². The van der Waals surface area contributed by atoms with Crippen LogP contribution in [0.5, 0.6) is 0 Å². The van der Waals surface area contributed by atoms with E-state index in [2.05, 4.69) is 53.4 Å². The van der Waals surface area contributed by atoms with Gasteiger partial charge in [-0.25, -0.2) is 9.50 Å². The zero-order valence-corrected chi connectivity index (χ0v) is 17.9. The molecule has 0 saturated carbocycles. The molecule has 2 atom stereocenters. The van der Waals surface area contributed by atoms with E-state index in [0.717, 1.165) is 46.6 Å². The molecule has 1 aliphatic heterocycles. The molecular weight excluding hydrogens is 386 g/mol. The third-order valence-corrected chi connectivity index (χ3v) is 6.11. The minimum Gasteiger partial charge on any atom is -0.392 e. The fourth-order valence-corrected chi connectivity index (χ4v) is 4.53. The van der Waals surface area contributed by atoms with Crippen LogP contribution in [0.4, 0.5) is 5.69 Å². The van der Waals surface area contributed by atoms with Gasteiger partial charge in [0.25, 0.3) is 0 Å². The molecule has 158 valence electrons. The number of piperazine rings is 1. The molecule has 0 aliphatic carbocycles. The second-order valence-corrected chi connectivity index (χ2v) is 8.34. The Hall–Kier alpha value is -3.22. The summed E-state index contributed by atoms with van der Waals surface area (Å²) in [5.41, 5.74) is 7.04. The Labute approximate surface area is 182 Å². The van der Waals surface area contributed by atoms with Gasteiger partial charge in [-0.15, -0.1) is 0 Å². The predicted octanol–water partition coefficient (Wildman–Crippen LogP) is 3.74. The number of aromatic nitrogens is 3. The van der Waals surface area contributed by atoms with Crippen molar-refractivity contribution in [3.8, 4) is 22.3 Å². The molecule has 1 fully saturated rings. The minimum absolute atomic E-state index is 0.0200. The minimum atomic E-state index is 0.0200. The van der Waals surface area contributed by atoms with E-state index in [4.69, 9.17) is 4.98 Å². The first-order chi connectivity index (χ1) is 15.1. The number of benzene rings is 2. The highest BCUT2D eigenvalue weighted by atomic mass is 16.3. The van der Waals surface area contributed by atoms with Gasteiger partial charge in [-0.3, -0.25) is 0 Å². The van der Waals surface area contributed by atoms with Crippen molar-refractivity contribution >= 4 is 11.3 Å². The zero-order valence-electron chi connectivity index (χ0n) is 17.9. The average Bonchev–Trinajstić information content (AvgIpc) is 3.23. The summed E-state index contributed by atoms with van der Waals surface area (Å²) in [6.07, 6.45) is 5.76. The molecule has 31 heavy (non-hydrogen) atoms. The monoisotopic (exact) mass is 413 g/mol. The van der Waals surface area contributed by atoms with Crippen LogP contribution in [0.25, 0.3) is 27.9 Å². The predicted molar refractivity (Wildman–Crippen MR) is 124 cm³/mol. The number of aliphatic hydroxyl groups excluding tert-OH is 1. The molecule has 3 heterocycles. The Morgan fingerprint density at radius 3 is 2.48 bits per heavy atom. The Morgan fingerprint density at radius 2 is 1.74 bits per heavy atom. The highest BCUT2D eigenvalue weighted by molar-refractivity contribution is 5.78. The number of hydrogen-bond donors (Lipinski definition) is 2. The summed E-state index contributed by atoms with van der Waals surface area (Å²) in [5, 5.41) is 17.4. The second-order valence-electron chi connectivity index (χ2n) is 8.34. The van der Waals surface area contributed by atoms with Crippen molar-refractivity contribution in [3.05, 3.63) is 72.7 Å². The van der Waals surface area contributed by atoms with E-state index in [1.54, 1.807) is 0 Å². The topological polar surface area (TPSA) is 65.7 Å². The van der Waals surface area contributed by atoms with E-state index in [-0.39, 0.29) is 6.61 Å². The second kappa shape index (κ2) is 8.13. The molecule has 4 aromatic rings. The van der Waals surface area contributed by atoms with E-state index < -0.39 is 0 Å². The van der Waals surface area contributed by atoms with Gasteiger partial charge < -0.3 is 15.3 Å². The van der Waals surface area contributed by atoms with Crippen LogP contribution in [0.15, 0.2) is 67.1 Å². The number of anilines is 1. The van der Waals surface area contributed by atoms with Crippen LogP contribution in [-0.4, -0.2) is 44.9 Å². The van der Waals surface area contributed by atoms with Gasteiger partial charge >= 0.3 is 0 Å². The molecule has 0 unspecified atom stereocenters. The number of fused-ring (bicyclic) bond motifs is 1. The van der Waals surface area contributed by atoms with Crippen molar-refractivity contribution in [2.45, 2.75) is 32.5 Å². The lowest BCUT2D eigenvalue weighted by molar-refractivity contribution is 0.282. The van der Waals surface area contributed by atoms with Crippen molar-refractivity contribution in [3.63, 3.8) is 0 Å². The van der Waals surface area contributed by atoms with Gasteiger partial charge in [0.2, 0.25) is 0 Å². The Morgan fingerprint density at radius 1 is 0.968 bits per heavy atom. The van der Waals surface area contributed by atoms with Crippen molar-refractivity contribution in [2.75, 3.05) is 18.0 Å². The zero-order chi connectivity index (χ0) is 21.4. The van der Waals surface area contributed by atoms with Crippen molar-refractivity contribution in [1.82, 2.24) is 19.9 Å². The molecule has 5 rings (SSSR count). The summed E-state index contributed by atoms with van der Waals surface area (Å²) in [7, 11) is 0.